The van der Waals surface area contributed by atoms with Crippen molar-refractivity contribution in [1.29, 1.82) is 5.26 Å². The van der Waals surface area contributed by atoms with Crippen LogP contribution >= 0.6 is 23.2 Å². The molecule has 0 unspecified atom stereocenters. The highest BCUT2D eigenvalue weighted by molar-refractivity contribution is 6.44. The van der Waals surface area contributed by atoms with Gasteiger partial charge in [-0.05, 0) is 30.5 Å². The van der Waals surface area contributed by atoms with Gasteiger partial charge in [0.2, 0.25) is 0 Å². The van der Waals surface area contributed by atoms with Crippen molar-refractivity contribution in [2.75, 3.05) is 11.9 Å². The summed E-state index contributed by atoms with van der Waals surface area (Å²) in [6, 6.07) is 16.9. The van der Waals surface area contributed by atoms with E-state index < -0.39 is 5.91 Å². The van der Waals surface area contributed by atoms with Crippen LogP contribution in [0.5, 0.6) is 0 Å². The fourth-order valence-electron chi connectivity index (χ4n) is 2.15. The largest absolute Gasteiger partial charge is 0.390 e. The van der Waals surface area contributed by atoms with E-state index in [9.17, 15) is 4.79 Å². The Bertz CT molecular complexity index is 798. The molecule has 0 spiro atoms. The molecule has 0 aromatic heterocycles. The number of rotatable bonds is 7. The van der Waals surface area contributed by atoms with E-state index in [1.54, 1.807) is 18.2 Å². The Morgan fingerprint density at radius 3 is 2.60 bits per heavy atom. The molecular formula is C19H17Cl2N3O. The van der Waals surface area contributed by atoms with Crippen LogP contribution in [0.4, 0.5) is 5.69 Å². The van der Waals surface area contributed by atoms with Gasteiger partial charge in [-0.15, -0.1) is 0 Å². The smallest absolute Gasteiger partial charge is 0.267 e. The minimum Gasteiger partial charge on any atom is -0.390 e. The minimum atomic E-state index is -0.540. The zero-order valence-electron chi connectivity index (χ0n) is 13.4. The molecule has 2 N–H and O–H groups in total. The van der Waals surface area contributed by atoms with Crippen LogP contribution in [0.15, 0.2) is 60.3 Å². The van der Waals surface area contributed by atoms with Crippen LogP contribution in [0.2, 0.25) is 10.0 Å². The molecule has 0 aliphatic heterocycles. The van der Waals surface area contributed by atoms with E-state index in [2.05, 4.69) is 22.8 Å². The van der Waals surface area contributed by atoms with Gasteiger partial charge in [-0.1, -0.05) is 59.6 Å². The molecule has 128 valence electrons. The maximum atomic E-state index is 12.1. The standard InChI is InChI=1S/C19H17Cl2N3O/c20-16-9-4-10-17(18(16)21)24-19(25)15(12-22)13-23-11-5-8-14-6-2-1-3-7-14/h1-4,6-7,9-10,13,23H,5,8,11H2,(H,24,25)/b15-13-. The van der Waals surface area contributed by atoms with Crippen LogP contribution in [-0.2, 0) is 11.2 Å². The minimum absolute atomic E-state index is 0.0317. The summed E-state index contributed by atoms with van der Waals surface area (Å²) in [6.07, 6.45) is 3.23. The van der Waals surface area contributed by atoms with E-state index in [-0.39, 0.29) is 10.6 Å². The van der Waals surface area contributed by atoms with Gasteiger partial charge in [0, 0.05) is 12.7 Å². The molecule has 0 bridgehead atoms. The summed E-state index contributed by atoms with van der Waals surface area (Å²) in [6.45, 7) is 0.658. The fourth-order valence-corrected chi connectivity index (χ4v) is 2.50. The van der Waals surface area contributed by atoms with Crippen LogP contribution in [0.3, 0.4) is 0 Å². The van der Waals surface area contributed by atoms with E-state index in [1.165, 1.54) is 11.8 Å². The van der Waals surface area contributed by atoms with Crippen LogP contribution in [0.25, 0.3) is 0 Å². The van der Waals surface area contributed by atoms with Crippen LogP contribution in [-0.4, -0.2) is 12.5 Å². The number of aryl methyl sites for hydroxylation is 1. The number of hydrogen-bond donors (Lipinski definition) is 2. The monoisotopic (exact) mass is 373 g/mol. The summed E-state index contributed by atoms with van der Waals surface area (Å²) in [5.41, 5.74) is 1.59. The van der Waals surface area contributed by atoms with Crippen molar-refractivity contribution in [3.63, 3.8) is 0 Å². The van der Waals surface area contributed by atoms with Gasteiger partial charge >= 0.3 is 0 Å². The maximum absolute atomic E-state index is 12.1. The third kappa shape index (κ3) is 5.82. The van der Waals surface area contributed by atoms with Gasteiger partial charge < -0.3 is 10.6 Å². The molecule has 0 fully saturated rings. The van der Waals surface area contributed by atoms with E-state index in [4.69, 9.17) is 28.5 Å². The number of halogens is 2. The lowest BCUT2D eigenvalue weighted by Crippen LogP contribution is -2.17. The number of carbonyl (C=O) groups excluding carboxylic acids is 1. The molecule has 2 aromatic carbocycles. The molecule has 2 aromatic rings. The summed E-state index contributed by atoms with van der Waals surface area (Å²) in [7, 11) is 0. The Kier molecular flexibility index (Phi) is 7.34. The first-order chi connectivity index (χ1) is 12.1. The normalized spacial score (nSPS) is 10.8. The van der Waals surface area contributed by atoms with Gasteiger partial charge in [0.1, 0.15) is 11.6 Å². The number of nitrogens with one attached hydrogen (secondary N) is 2. The number of benzene rings is 2. The summed E-state index contributed by atoms with van der Waals surface area (Å²) in [4.78, 5) is 12.1. The molecule has 0 radical (unpaired) electrons. The number of nitrogens with zero attached hydrogens (tertiary/aromatic N) is 1. The van der Waals surface area contributed by atoms with Crippen molar-refractivity contribution in [3.8, 4) is 6.07 Å². The average molecular weight is 374 g/mol. The van der Waals surface area contributed by atoms with Gasteiger partial charge in [-0.2, -0.15) is 5.26 Å². The zero-order valence-corrected chi connectivity index (χ0v) is 14.9. The van der Waals surface area contributed by atoms with Crippen molar-refractivity contribution in [2.45, 2.75) is 12.8 Å². The molecule has 25 heavy (non-hydrogen) atoms. The van der Waals surface area contributed by atoms with Crippen LogP contribution in [0, 0.1) is 11.3 Å². The predicted molar refractivity (Wildman–Crippen MR) is 102 cm³/mol. The fraction of sp³-hybridized carbons (Fsp3) is 0.158. The molecule has 0 heterocycles. The van der Waals surface area contributed by atoms with Gasteiger partial charge in [0.05, 0.1) is 15.7 Å². The number of anilines is 1. The topological polar surface area (TPSA) is 64.9 Å². The van der Waals surface area contributed by atoms with Crippen molar-refractivity contribution in [3.05, 3.63) is 75.9 Å². The molecule has 0 saturated heterocycles. The van der Waals surface area contributed by atoms with Gasteiger partial charge in [-0.25, -0.2) is 0 Å². The first kappa shape index (κ1) is 18.9. The number of carbonyl (C=O) groups is 1. The van der Waals surface area contributed by atoms with Crippen molar-refractivity contribution in [1.82, 2.24) is 5.32 Å². The SMILES string of the molecule is N#C/C(=C/NCCCc1ccccc1)C(=O)Nc1cccc(Cl)c1Cl. The third-order valence-electron chi connectivity index (χ3n) is 3.44. The molecule has 2 rings (SSSR count). The van der Waals surface area contributed by atoms with Crippen molar-refractivity contribution in [2.24, 2.45) is 0 Å². The number of amides is 1. The first-order valence-electron chi connectivity index (χ1n) is 7.74. The summed E-state index contributed by atoms with van der Waals surface area (Å²) in [5.74, 6) is -0.540. The molecule has 6 heteroatoms. The summed E-state index contributed by atoms with van der Waals surface area (Å²) in [5, 5.41) is 15.3. The van der Waals surface area contributed by atoms with E-state index in [0.717, 1.165) is 12.8 Å². The van der Waals surface area contributed by atoms with Gasteiger partial charge in [0.15, 0.2) is 0 Å². The molecule has 0 aliphatic rings. The van der Waals surface area contributed by atoms with Gasteiger partial charge in [0.25, 0.3) is 5.91 Å². The van der Waals surface area contributed by atoms with E-state index in [0.29, 0.717) is 17.3 Å². The second-order valence-electron chi connectivity index (χ2n) is 5.27. The summed E-state index contributed by atoms with van der Waals surface area (Å²) < 4.78 is 0. The Labute approximate surface area is 157 Å². The molecule has 0 atom stereocenters. The Morgan fingerprint density at radius 2 is 1.88 bits per heavy atom. The second kappa shape index (κ2) is 9.73. The van der Waals surface area contributed by atoms with Crippen molar-refractivity contribution >= 4 is 34.8 Å². The van der Waals surface area contributed by atoms with E-state index >= 15 is 0 Å². The Morgan fingerprint density at radius 1 is 1.12 bits per heavy atom. The molecule has 0 saturated carbocycles. The lowest BCUT2D eigenvalue weighted by molar-refractivity contribution is -0.112. The predicted octanol–water partition coefficient (Wildman–Crippen LogP) is 4.56. The molecule has 1 amide bonds. The lowest BCUT2D eigenvalue weighted by atomic mass is 10.1. The van der Waals surface area contributed by atoms with E-state index in [1.807, 2.05) is 24.3 Å². The highest BCUT2D eigenvalue weighted by atomic mass is 35.5. The maximum Gasteiger partial charge on any atom is 0.267 e. The molecular weight excluding hydrogens is 357 g/mol. The Balaban J connectivity index is 1.85. The lowest BCUT2D eigenvalue weighted by Gasteiger charge is -2.08. The third-order valence-corrected chi connectivity index (χ3v) is 4.26. The van der Waals surface area contributed by atoms with Gasteiger partial charge in [-0.3, -0.25) is 4.79 Å². The van der Waals surface area contributed by atoms with Crippen LogP contribution < -0.4 is 10.6 Å². The highest BCUT2D eigenvalue weighted by Crippen LogP contribution is 2.29. The Hall–Kier alpha value is -2.48. The second-order valence-corrected chi connectivity index (χ2v) is 6.05. The quantitative estimate of drug-likeness (QED) is 0.424. The van der Waals surface area contributed by atoms with Crippen molar-refractivity contribution < 1.29 is 4.79 Å². The number of hydrogen-bond acceptors (Lipinski definition) is 3. The molecule has 4 nitrogen and oxygen atoms in total. The number of nitriles is 1. The van der Waals surface area contributed by atoms with Crippen LogP contribution in [0.1, 0.15) is 12.0 Å². The average Bonchev–Trinajstić information content (AvgIpc) is 2.63. The highest BCUT2D eigenvalue weighted by Gasteiger charge is 2.12. The summed E-state index contributed by atoms with van der Waals surface area (Å²) >= 11 is 11.9. The first-order valence-corrected chi connectivity index (χ1v) is 8.50. The molecule has 0 aliphatic carbocycles. The zero-order chi connectivity index (χ0) is 18.1.